The summed E-state index contributed by atoms with van der Waals surface area (Å²) < 4.78 is 5.13. The number of carbonyl (C=O) groups is 1. The third-order valence-electron chi connectivity index (χ3n) is 2.59. The number of carbonyl (C=O) groups excluding carboxylic acids is 1. The van der Waals surface area contributed by atoms with Crippen LogP contribution in [0.2, 0.25) is 0 Å². The molecule has 1 saturated heterocycles. The first-order valence-corrected chi connectivity index (χ1v) is 5.10. The fourth-order valence-electron chi connectivity index (χ4n) is 1.83. The molecule has 1 aromatic rings. The number of hydrogen-bond donors (Lipinski definition) is 0. The number of esters is 1. The average molecular weight is 217 g/mol. The lowest BCUT2D eigenvalue weighted by atomic mass is 10.0. The van der Waals surface area contributed by atoms with Crippen LogP contribution in [0, 0.1) is 0 Å². The Balaban J connectivity index is 2.24. The van der Waals surface area contributed by atoms with E-state index in [1.165, 1.54) is 0 Å². The van der Waals surface area contributed by atoms with Crippen LogP contribution < -0.4 is 0 Å². The van der Waals surface area contributed by atoms with Crippen molar-refractivity contribution >= 4 is 5.97 Å². The van der Waals surface area contributed by atoms with Crippen molar-refractivity contribution in [2.45, 2.75) is 25.0 Å². The Kier molecular flexibility index (Phi) is 3.08. The second kappa shape index (κ2) is 4.68. The number of nitrogens with zero attached hydrogens (tertiary/aromatic N) is 3. The van der Waals surface area contributed by atoms with Gasteiger partial charge in [0.15, 0.2) is 0 Å². The minimum atomic E-state index is -0.419. The van der Waals surface area contributed by atoms with E-state index in [2.05, 4.69) is 10.0 Å². The molecule has 0 unspecified atom stereocenters. The molecule has 5 heteroatoms. The van der Waals surface area contributed by atoms with Crippen LogP contribution in [0.3, 0.4) is 0 Å². The van der Waals surface area contributed by atoms with Crippen molar-refractivity contribution in [2.75, 3.05) is 0 Å². The molecule has 1 heterocycles. The summed E-state index contributed by atoms with van der Waals surface area (Å²) >= 11 is 0. The van der Waals surface area contributed by atoms with E-state index in [0.29, 0.717) is 12.8 Å². The fourth-order valence-corrected chi connectivity index (χ4v) is 1.83. The Morgan fingerprint density at radius 1 is 1.44 bits per heavy atom. The van der Waals surface area contributed by atoms with Gasteiger partial charge in [-0.15, -0.1) is 0 Å². The molecule has 0 bridgehead atoms. The van der Waals surface area contributed by atoms with E-state index >= 15 is 0 Å². The molecule has 0 spiro atoms. The molecule has 0 aliphatic carbocycles. The molecule has 1 aromatic carbocycles. The summed E-state index contributed by atoms with van der Waals surface area (Å²) in [5, 5.41) is 3.71. The van der Waals surface area contributed by atoms with Gasteiger partial charge in [-0.05, 0) is 17.5 Å². The Bertz CT molecular complexity index is 426. The summed E-state index contributed by atoms with van der Waals surface area (Å²) in [5.41, 5.74) is 9.42. The number of benzene rings is 1. The van der Waals surface area contributed by atoms with E-state index in [-0.39, 0.29) is 12.1 Å². The molecule has 1 aliphatic rings. The smallest absolute Gasteiger partial charge is 0.306 e. The minimum absolute atomic E-state index is 0.223. The third-order valence-corrected chi connectivity index (χ3v) is 2.59. The van der Waals surface area contributed by atoms with Crippen LogP contribution in [0.5, 0.6) is 0 Å². The van der Waals surface area contributed by atoms with Gasteiger partial charge in [-0.25, -0.2) is 0 Å². The first-order chi connectivity index (χ1) is 7.81. The number of hydrogen-bond acceptors (Lipinski definition) is 3. The van der Waals surface area contributed by atoms with Gasteiger partial charge >= 0.3 is 5.97 Å². The highest BCUT2D eigenvalue weighted by atomic mass is 16.5. The van der Waals surface area contributed by atoms with Crippen LogP contribution in [0.4, 0.5) is 0 Å². The number of cyclic esters (lactones) is 1. The minimum Gasteiger partial charge on any atom is -0.462 e. The third kappa shape index (κ3) is 2.15. The van der Waals surface area contributed by atoms with E-state index in [0.717, 1.165) is 5.56 Å². The Morgan fingerprint density at radius 2 is 2.19 bits per heavy atom. The maximum Gasteiger partial charge on any atom is 0.306 e. The molecule has 0 amide bonds. The van der Waals surface area contributed by atoms with Gasteiger partial charge in [0, 0.05) is 11.3 Å². The predicted molar refractivity (Wildman–Crippen MR) is 57.4 cm³/mol. The standard InChI is InChI=1S/C11H11N3O2/c12-14-13-11(8-4-2-1-3-5-8)9-6-7-10(15)16-9/h1-5,9,11H,6-7H2/t9-,11-/m0/s1. The van der Waals surface area contributed by atoms with Gasteiger partial charge in [0.25, 0.3) is 0 Å². The lowest BCUT2D eigenvalue weighted by molar-refractivity contribution is -0.142. The van der Waals surface area contributed by atoms with Crippen LogP contribution in [-0.4, -0.2) is 12.1 Å². The topological polar surface area (TPSA) is 75.1 Å². The number of ether oxygens (including phenoxy) is 1. The zero-order valence-corrected chi connectivity index (χ0v) is 8.61. The normalized spacial score (nSPS) is 21.0. The van der Waals surface area contributed by atoms with Crippen molar-refractivity contribution in [1.29, 1.82) is 0 Å². The molecule has 0 radical (unpaired) electrons. The molecule has 82 valence electrons. The highest BCUT2D eigenvalue weighted by Crippen LogP contribution is 2.30. The Morgan fingerprint density at radius 3 is 2.75 bits per heavy atom. The van der Waals surface area contributed by atoms with E-state index in [9.17, 15) is 4.79 Å². The predicted octanol–water partition coefficient (Wildman–Crippen LogP) is 2.74. The zero-order valence-electron chi connectivity index (χ0n) is 8.61. The van der Waals surface area contributed by atoms with Crippen LogP contribution in [-0.2, 0) is 9.53 Å². The van der Waals surface area contributed by atoms with Gasteiger partial charge in [-0.1, -0.05) is 35.4 Å². The highest BCUT2D eigenvalue weighted by molar-refractivity contribution is 5.71. The van der Waals surface area contributed by atoms with Gasteiger partial charge < -0.3 is 4.74 Å². The van der Waals surface area contributed by atoms with E-state index in [1.54, 1.807) is 0 Å². The first kappa shape index (κ1) is 10.5. The maximum atomic E-state index is 11.0. The van der Waals surface area contributed by atoms with Gasteiger partial charge in [0.1, 0.15) is 6.10 Å². The summed E-state index contributed by atoms with van der Waals surface area (Å²) in [7, 11) is 0. The van der Waals surface area contributed by atoms with Crippen LogP contribution in [0.1, 0.15) is 24.4 Å². The average Bonchev–Trinajstić information content (AvgIpc) is 2.74. The summed E-state index contributed by atoms with van der Waals surface area (Å²) in [6.45, 7) is 0. The SMILES string of the molecule is [N-]=[N+]=N[C@@H](c1ccccc1)[C@@H]1CCC(=O)O1. The molecule has 0 N–H and O–H groups in total. The summed E-state index contributed by atoms with van der Waals surface area (Å²) in [5.74, 6) is -0.223. The number of azide groups is 1. The first-order valence-electron chi connectivity index (χ1n) is 5.10. The lowest BCUT2D eigenvalue weighted by Gasteiger charge is -2.17. The van der Waals surface area contributed by atoms with Crippen LogP contribution in [0.25, 0.3) is 10.4 Å². The van der Waals surface area contributed by atoms with Crippen molar-refractivity contribution in [1.82, 2.24) is 0 Å². The van der Waals surface area contributed by atoms with Crippen molar-refractivity contribution < 1.29 is 9.53 Å². The maximum absolute atomic E-state index is 11.0. The fraction of sp³-hybridized carbons (Fsp3) is 0.364. The molecule has 2 atom stereocenters. The second-order valence-corrected chi connectivity index (χ2v) is 3.63. The molecular formula is C11H11N3O2. The Labute approximate surface area is 92.7 Å². The molecule has 1 fully saturated rings. The highest BCUT2D eigenvalue weighted by Gasteiger charge is 2.31. The zero-order chi connectivity index (χ0) is 11.4. The van der Waals surface area contributed by atoms with Crippen molar-refractivity contribution in [3.8, 4) is 0 Å². The van der Waals surface area contributed by atoms with Gasteiger partial charge in [-0.3, -0.25) is 4.79 Å². The van der Waals surface area contributed by atoms with Gasteiger partial charge in [-0.2, -0.15) is 0 Å². The van der Waals surface area contributed by atoms with E-state index in [4.69, 9.17) is 10.3 Å². The molecule has 5 nitrogen and oxygen atoms in total. The van der Waals surface area contributed by atoms with Gasteiger partial charge in [0.05, 0.1) is 6.04 Å². The molecule has 0 saturated carbocycles. The molecule has 2 rings (SSSR count). The molecular weight excluding hydrogens is 206 g/mol. The summed E-state index contributed by atoms with van der Waals surface area (Å²) in [4.78, 5) is 13.9. The van der Waals surface area contributed by atoms with Crippen molar-refractivity contribution in [3.05, 3.63) is 46.3 Å². The monoisotopic (exact) mass is 217 g/mol. The largest absolute Gasteiger partial charge is 0.462 e. The second-order valence-electron chi connectivity index (χ2n) is 3.63. The number of rotatable bonds is 3. The quantitative estimate of drug-likeness (QED) is 0.338. The molecule has 1 aliphatic heterocycles. The van der Waals surface area contributed by atoms with E-state index < -0.39 is 6.04 Å². The summed E-state index contributed by atoms with van der Waals surface area (Å²) in [6, 6.07) is 8.93. The Hall–Kier alpha value is -2.00. The van der Waals surface area contributed by atoms with Crippen LogP contribution in [0.15, 0.2) is 35.4 Å². The van der Waals surface area contributed by atoms with Gasteiger partial charge in [0.2, 0.25) is 0 Å². The van der Waals surface area contributed by atoms with Crippen LogP contribution >= 0.6 is 0 Å². The summed E-state index contributed by atoms with van der Waals surface area (Å²) in [6.07, 6.45) is 0.678. The van der Waals surface area contributed by atoms with Crippen molar-refractivity contribution in [2.24, 2.45) is 5.11 Å². The van der Waals surface area contributed by atoms with Crippen molar-refractivity contribution in [3.63, 3.8) is 0 Å². The lowest BCUT2D eigenvalue weighted by Crippen LogP contribution is -2.16. The molecule has 0 aromatic heterocycles. The van der Waals surface area contributed by atoms with E-state index in [1.807, 2.05) is 30.3 Å². The molecule has 16 heavy (non-hydrogen) atoms.